The van der Waals surface area contributed by atoms with E-state index in [1.165, 1.54) is 0 Å². The van der Waals surface area contributed by atoms with Crippen LogP contribution in [0.15, 0.2) is 42.5 Å². The van der Waals surface area contributed by atoms with Gasteiger partial charge in [-0.3, -0.25) is 4.79 Å². The molecule has 0 aromatic heterocycles. The van der Waals surface area contributed by atoms with Gasteiger partial charge in [-0.2, -0.15) is 0 Å². The van der Waals surface area contributed by atoms with Crippen LogP contribution in [-0.4, -0.2) is 25.7 Å². The van der Waals surface area contributed by atoms with Gasteiger partial charge in [0.2, 0.25) is 0 Å². The molecule has 2 aromatic rings. The van der Waals surface area contributed by atoms with Crippen molar-refractivity contribution >= 4 is 11.6 Å². The van der Waals surface area contributed by atoms with Crippen LogP contribution in [0.4, 0.5) is 5.69 Å². The molecule has 1 aliphatic heterocycles. The first-order chi connectivity index (χ1) is 10.7. The number of carbonyl (C=O) groups excluding carboxylic acids is 1. The highest BCUT2D eigenvalue weighted by Crippen LogP contribution is 2.30. The first kappa shape index (κ1) is 14.3. The topological polar surface area (TPSA) is 73.6 Å². The molecule has 0 unspecified atom stereocenters. The van der Waals surface area contributed by atoms with E-state index >= 15 is 0 Å². The largest absolute Gasteiger partial charge is 0.486 e. The molecule has 114 valence electrons. The van der Waals surface area contributed by atoms with E-state index in [4.69, 9.17) is 15.2 Å². The molecule has 0 saturated carbocycles. The number of rotatable bonds is 4. The van der Waals surface area contributed by atoms with Gasteiger partial charge in [-0.1, -0.05) is 12.1 Å². The monoisotopic (exact) mass is 298 g/mol. The molecule has 3 rings (SSSR count). The molecule has 0 fully saturated rings. The fourth-order valence-electron chi connectivity index (χ4n) is 2.35. The number of amides is 1. The standard InChI is InChI=1S/C17H18N2O3/c18-14-3-1-2-13(11-14)17(20)19-7-6-12-4-5-15-16(10-12)22-9-8-21-15/h1-5,10-11H,6-9,18H2,(H,19,20). The average molecular weight is 298 g/mol. The minimum absolute atomic E-state index is 0.121. The van der Waals surface area contributed by atoms with Crippen molar-refractivity contribution in [2.45, 2.75) is 6.42 Å². The van der Waals surface area contributed by atoms with E-state index in [1.54, 1.807) is 24.3 Å². The van der Waals surface area contributed by atoms with Gasteiger partial charge in [-0.25, -0.2) is 0 Å². The summed E-state index contributed by atoms with van der Waals surface area (Å²) in [5.41, 5.74) is 7.92. The van der Waals surface area contributed by atoms with E-state index in [9.17, 15) is 4.79 Å². The van der Waals surface area contributed by atoms with Crippen LogP contribution in [0.5, 0.6) is 11.5 Å². The molecule has 1 amide bonds. The number of nitrogens with two attached hydrogens (primary N) is 1. The zero-order valence-corrected chi connectivity index (χ0v) is 12.2. The van der Waals surface area contributed by atoms with Crippen molar-refractivity contribution < 1.29 is 14.3 Å². The predicted molar refractivity (Wildman–Crippen MR) is 84.3 cm³/mol. The van der Waals surface area contributed by atoms with Crippen molar-refractivity contribution in [2.75, 3.05) is 25.5 Å². The molecule has 0 spiro atoms. The number of anilines is 1. The second-order valence-corrected chi connectivity index (χ2v) is 5.11. The molecule has 0 aliphatic carbocycles. The number of carbonyl (C=O) groups is 1. The van der Waals surface area contributed by atoms with E-state index in [2.05, 4.69) is 5.32 Å². The third kappa shape index (κ3) is 3.31. The summed E-state index contributed by atoms with van der Waals surface area (Å²) in [6.07, 6.45) is 0.727. The highest BCUT2D eigenvalue weighted by molar-refractivity contribution is 5.94. The van der Waals surface area contributed by atoms with Gasteiger partial charge in [0.1, 0.15) is 13.2 Å². The van der Waals surface area contributed by atoms with Gasteiger partial charge in [0.25, 0.3) is 5.91 Å². The summed E-state index contributed by atoms with van der Waals surface area (Å²) < 4.78 is 11.0. The van der Waals surface area contributed by atoms with Crippen LogP contribution < -0.4 is 20.5 Å². The number of benzene rings is 2. The molecule has 1 aliphatic rings. The molecule has 1 heterocycles. The van der Waals surface area contributed by atoms with E-state index in [-0.39, 0.29) is 5.91 Å². The molecule has 0 atom stereocenters. The van der Waals surface area contributed by atoms with Crippen molar-refractivity contribution in [3.63, 3.8) is 0 Å². The Morgan fingerprint density at radius 2 is 1.91 bits per heavy atom. The van der Waals surface area contributed by atoms with Crippen LogP contribution in [0.25, 0.3) is 0 Å². The van der Waals surface area contributed by atoms with Crippen molar-refractivity contribution in [3.8, 4) is 11.5 Å². The highest BCUT2D eigenvalue weighted by atomic mass is 16.6. The summed E-state index contributed by atoms with van der Waals surface area (Å²) in [5, 5.41) is 2.89. The molecule has 2 aromatic carbocycles. The fraction of sp³-hybridized carbons (Fsp3) is 0.235. The van der Waals surface area contributed by atoms with Crippen LogP contribution in [0.3, 0.4) is 0 Å². The highest BCUT2D eigenvalue weighted by Gasteiger charge is 2.11. The quantitative estimate of drug-likeness (QED) is 0.847. The van der Waals surface area contributed by atoms with E-state index in [0.29, 0.717) is 31.0 Å². The summed E-state index contributed by atoms with van der Waals surface area (Å²) in [5.74, 6) is 1.43. The normalized spacial score (nSPS) is 12.7. The molecule has 0 saturated heterocycles. The Morgan fingerprint density at radius 1 is 1.09 bits per heavy atom. The van der Waals surface area contributed by atoms with Crippen LogP contribution in [-0.2, 0) is 6.42 Å². The molecule has 0 radical (unpaired) electrons. The Hall–Kier alpha value is -2.69. The number of fused-ring (bicyclic) bond motifs is 1. The molecular weight excluding hydrogens is 280 g/mol. The number of nitrogens with one attached hydrogen (secondary N) is 1. The minimum atomic E-state index is -0.121. The molecule has 5 nitrogen and oxygen atoms in total. The first-order valence-corrected chi connectivity index (χ1v) is 7.24. The van der Waals surface area contributed by atoms with Crippen molar-refractivity contribution in [1.29, 1.82) is 0 Å². The van der Waals surface area contributed by atoms with Crippen LogP contribution >= 0.6 is 0 Å². The van der Waals surface area contributed by atoms with E-state index in [1.807, 2.05) is 18.2 Å². The lowest BCUT2D eigenvalue weighted by Crippen LogP contribution is -2.25. The summed E-state index contributed by atoms with van der Waals surface area (Å²) in [4.78, 5) is 12.0. The van der Waals surface area contributed by atoms with Crippen LogP contribution in [0.1, 0.15) is 15.9 Å². The van der Waals surface area contributed by atoms with Gasteiger partial charge in [0, 0.05) is 17.8 Å². The first-order valence-electron chi connectivity index (χ1n) is 7.24. The smallest absolute Gasteiger partial charge is 0.251 e. The summed E-state index contributed by atoms with van der Waals surface area (Å²) in [7, 11) is 0. The third-order valence-corrected chi connectivity index (χ3v) is 3.45. The van der Waals surface area contributed by atoms with Crippen molar-refractivity contribution in [1.82, 2.24) is 5.32 Å². The molecule has 3 N–H and O–H groups in total. The predicted octanol–water partition coefficient (Wildman–Crippen LogP) is 2.01. The van der Waals surface area contributed by atoms with Gasteiger partial charge in [0.15, 0.2) is 11.5 Å². The zero-order chi connectivity index (χ0) is 15.4. The Bertz CT molecular complexity index is 685. The third-order valence-electron chi connectivity index (χ3n) is 3.45. The lowest BCUT2D eigenvalue weighted by molar-refractivity contribution is 0.0954. The maximum Gasteiger partial charge on any atom is 0.251 e. The zero-order valence-electron chi connectivity index (χ0n) is 12.2. The van der Waals surface area contributed by atoms with Gasteiger partial charge < -0.3 is 20.5 Å². The minimum Gasteiger partial charge on any atom is -0.486 e. The fourth-order valence-corrected chi connectivity index (χ4v) is 2.35. The molecule has 5 heteroatoms. The van der Waals surface area contributed by atoms with Gasteiger partial charge in [-0.05, 0) is 42.3 Å². The number of nitrogen functional groups attached to an aromatic ring is 1. The average Bonchev–Trinajstić information content (AvgIpc) is 2.54. The van der Waals surface area contributed by atoms with Crippen LogP contribution in [0, 0.1) is 0 Å². The molecule has 0 bridgehead atoms. The Balaban J connectivity index is 1.56. The lowest BCUT2D eigenvalue weighted by atomic mass is 10.1. The summed E-state index contributed by atoms with van der Waals surface area (Å²) >= 11 is 0. The van der Waals surface area contributed by atoms with E-state index < -0.39 is 0 Å². The maximum absolute atomic E-state index is 12.0. The van der Waals surface area contributed by atoms with Crippen molar-refractivity contribution in [3.05, 3.63) is 53.6 Å². The second-order valence-electron chi connectivity index (χ2n) is 5.11. The Labute approximate surface area is 129 Å². The summed E-state index contributed by atoms with van der Waals surface area (Å²) in [6, 6.07) is 12.8. The van der Waals surface area contributed by atoms with Crippen molar-refractivity contribution in [2.24, 2.45) is 0 Å². The number of hydrogen-bond donors (Lipinski definition) is 2. The number of ether oxygens (including phenoxy) is 2. The molecule has 22 heavy (non-hydrogen) atoms. The SMILES string of the molecule is Nc1cccc(C(=O)NCCc2ccc3c(c2)OCCO3)c1. The lowest BCUT2D eigenvalue weighted by Gasteiger charge is -2.18. The summed E-state index contributed by atoms with van der Waals surface area (Å²) in [6.45, 7) is 1.71. The van der Waals surface area contributed by atoms with Gasteiger partial charge in [0.05, 0.1) is 0 Å². The maximum atomic E-state index is 12.0. The van der Waals surface area contributed by atoms with Gasteiger partial charge in [-0.15, -0.1) is 0 Å². The Morgan fingerprint density at radius 3 is 2.73 bits per heavy atom. The molecular formula is C17H18N2O3. The second kappa shape index (κ2) is 6.39. The van der Waals surface area contributed by atoms with Gasteiger partial charge >= 0.3 is 0 Å². The van der Waals surface area contributed by atoms with Crippen LogP contribution in [0.2, 0.25) is 0 Å². The van der Waals surface area contributed by atoms with E-state index in [0.717, 1.165) is 23.5 Å². The number of hydrogen-bond acceptors (Lipinski definition) is 4. The Kier molecular flexibility index (Phi) is 4.14.